The fourth-order valence-corrected chi connectivity index (χ4v) is 4.43. The Morgan fingerprint density at radius 2 is 2.16 bits per heavy atom. The van der Waals surface area contributed by atoms with Gasteiger partial charge in [-0.25, -0.2) is 9.78 Å². The molecule has 2 aromatic heterocycles. The standard InChI is InChI=1S/C21H24N7O4/c29-21(24-14-6-2-1-3-7-14)27-11-17-16(22-12-23-17)10-18(27)20-25-19(26-32-20)13-5-4-8-15(9-13)28(30)31/h4-5,8-9,12,14,18,30H,1-3,6-7,10-11H2,(H,22,23)(H,24,29)/q-1. The molecule has 3 aromatic rings. The van der Waals surface area contributed by atoms with Gasteiger partial charge in [0, 0.05) is 18.0 Å². The van der Waals surface area contributed by atoms with Crippen molar-refractivity contribution >= 4 is 11.7 Å². The van der Waals surface area contributed by atoms with Crippen molar-refractivity contribution in [2.75, 3.05) is 5.23 Å². The first-order valence-electron chi connectivity index (χ1n) is 10.8. The number of amides is 2. The minimum Gasteiger partial charge on any atom is -0.733 e. The molecule has 2 aliphatic rings. The maximum atomic E-state index is 13.2. The summed E-state index contributed by atoms with van der Waals surface area (Å²) in [5.74, 6) is 0.560. The predicted octanol–water partition coefficient (Wildman–Crippen LogP) is 3.29. The van der Waals surface area contributed by atoms with Crippen LogP contribution in [-0.4, -0.2) is 42.3 Å². The van der Waals surface area contributed by atoms with Gasteiger partial charge in [0.25, 0.3) is 0 Å². The number of nitrogens with one attached hydrogen (secondary N) is 2. The lowest BCUT2D eigenvalue weighted by molar-refractivity contribution is 0.138. The zero-order valence-corrected chi connectivity index (χ0v) is 17.4. The van der Waals surface area contributed by atoms with Crippen LogP contribution in [0.4, 0.5) is 10.5 Å². The van der Waals surface area contributed by atoms with E-state index in [-0.39, 0.29) is 28.8 Å². The van der Waals surface area contributed by atoms with E-state index in [1.54, 1.807) is 23.4 Å². The summed E-state index contributed by atoms with van der Waals surface area (Å²) in [4.78, 5) is 26.9. The number of carbonyl (C=O) groups is 1. The summed E-state index contributed by atoms with van der Waals surface area (Å²) in [6.45, 7) is 0.363. The molecule has 3 heterocycles. The average Bonchev–Trinajstić information content (AvgIpc) is 3.48. The van der Waals surface area contributed by atoms with Crippen molar-refractivity contribution in [3.63, 3.8) is 0 Å². The van der Waals surface area contributed by atoms with Gasteiger partial charge in [-0.3, -0.25) is 5.21 Å². The minimum atomic E-state index is -0.465. The van der Waals surface area contributed by atoms with Crippen molar-refractivity contribution in [1.82, 2.24) is 30.3 Å². The molecule has 0 bridgehead atoms. The number of urea groups is 1. The number of H-pyrrole nitrogens is 1. The molecule has 1 fully saturated rings. The van der Waals surface area contributed by atoms with E-state index in [0.717, 1.165) is 37.1 Å². The van der Waals surface area contributed by atoms with Crippen molar-refractivity contribution in [2.45, 2.75) is 57.2 Å². The highest BCUT2D eigenvalue weighted by atomic mass is 16.8. The van der Waals surface area contributed by atoms with Crippen molar-refractivity contribution in [3.8, 4) is 11.4 Å². The van der Waals surface area contributed by atoms with E-state index in [4.69, 9.17) is 9.73 Å². The molecule has 3 N–H and O–H groups in total. The summed E-state index contributed by atoms with van der Waals surface area (Å²) in [5.41, 5.74) is 2.33. The van der Waals surface area contributed by atoms with Gasteiger partial charge < -0.3 is 30.2 Å². The molecule has 168 valence electrons. The second-order valence-electron chi connectivity index (χ2n) is 8.24. The van der Waals surface area contributed by atoms with E-state index in [2.05, 4.69) is 25.4 Å². The van der Waals surface area contributed by atoms with Crippen molar-refractivity contribution in [1.29, 1.82) is 0 Å². The van der Waals surface area contributed by atoms with Crippen LogP contribution < -0.4 is 10.5 Å². The number of fused-ring (bicyclic) bond motifs is 1. The van der Waals surface area contributed by atoms with Gasteiger partial charge in [-0.05, 0) is 25.0 Å². The molecule has 5 rings (SSSR count). The largest absolute Gasteiger partial charge is 0.733 e. The zero-order valence-electron chi connectivity index (χ0n) is 17.4. The number of benzene rings is 1. The quantitative estimate of drug-likeness (QED) is 0.526. The summed E-state index contributed by atoms with van der Waals surface area (Å²) >= 11 is 0. The molecular formula is C21H24N7O4-. The van der Waals surface area contributed by atoms with E-state index in [0.29, 0.717) is 24.4 Å². The first kappa shape index (κ1) is 20.5. The van der Waals surface area contributed by atoms with Crippen LogP contribution in [0.3, 0.4) is 0 Å². The molecule has 0 spiro atoms. The molecule has 0 saturated heterocycles. The highest BCUT2D eigenvalue weighted by Gasteiger charge is 2.37. The van der Waals surface area contributed by atoms with Gasteiger partial charge in [-0.15, -0.1) is 0 Å². The number of anilines is 1. The normalized spacial score (nSPS) is 18.9. The molecule has 11 nitrogen and oxygen atoms in total. The topological polar surface area (TPSA) is 146 Å². The monoisotopic (exact) mass is 438 g/mol. The van der Waals surface area contributed by atoms with E-state index in [9.17, 15) is 10.0 Å². The number of rotatable bonds is 4. The molecule has 2 amide bonds. The number of imidazole rings is 1. The lowest BCUT2D eigenvalue weighted by Gasteiger charge is -2.34. The first-order chi connectivity index (χ1) is 15.6. The first-order valence-corrected chi connectivity index (χ1v) is 10.8. The molecular weight excluding hydrogens is 414 g/mol. The summed E-state index contributed by atoms with van der Waals surface area (Å²) in [6, 6.07) is 5.80. The summed E-state index contributed by atoms with van der Waals surface area (Å²) in [7, 11) is 0. The van der Waals surface area contributed by atoms with E-state index < -0.39 is 6.04 Å². The van der Waals surface area contributed by atoms with Crippen molar-refractivity contribution in [3.05, 3.63) is 53.1 Å². The van der Waals surface area contributed by atoms with Crippen LogP contribution in [0.25, 0.3) is 11.4 Å². The Hall–Kier alpha value is -3.44. The van der Waals surface area contributed by atoms with Crippen LogP contribution in [0.5, 0.6) is 0 Å². The number of hydrogen-bond donors (Lipinski definition) is 3. The van der Waals surface area contributed by atoms with Gasteiger partial charge in [0.2, 0.25) is 11.7 Å². The lowest BCUT2D eigenvalue weighted by Crippen LogP contribution is -2.48. The fraction of sp³-hybridized carbons (Fsp3) is 0.429. The van der Waals surface area contributed by atoms with Gasteiger partial charge in [0.1, 0.15) is 6.04 Å². The third-order valence-electron chi connectivity index (χ3n) is 6.14. The third-order valence-corrected chi connectivity index (χ3v) is 6.14. The number of aromatic nitrogens is 4. The van der Waals surface area contributed by atoms with Crippen LogP contribution in [0.15, 0.2) is 35.1 Å². The maximum absolute atomic E-state index is 13.2. The van der Waals surface area contributed by atoms with E-state index in [1.807, 2.05) is 0 Å². The Bertz CT molecular complexity index is 1090. The summed E-state index contributed by atoms with van der Waals surface area (Å²) < 4.78 is 5.55. The number of nitrogens with zero attached hydrogens (tertiary/aromatic N) is 5. The molecule has 1 aliphatic carbocycles. The molecule has 0 radical (unpaired) electrons. The lowest BCUT2D eigenvalue weighted by atomic mass is 9.95. The van der Waals surface area contributed by atoms with Gasteiger partial charge in [-0.2, -0.15) is 4.98 Å². The van der Waals surface area contributed by atoms with Crippen LogP contribution in [-0.2, 0) is 13.0 Å². The summed E-state index contributed by atoms with van der Waals surface area (Å²) in [6.07, 6.45) is 7.51. The van der Waals surface area contributed by atoms with Gasteiger partial charge >= 0.3 is 6.03 Å². The van der Waals surface area contributed by atoms with Crippen LogP contribution >= 0.6 is 0 Å². The molecule has 1 aromatic carbocycles. The third kappa shape index (κ3) is 4.04. The Morgan fingerprint density at radius 3 is 2.97 bits per heavy atom. The highest BCUT2D eigenvalue weighted by Crippen LogP contribution is 2.33. The number of carbonyl (C=O) groups excluding carboxylic acids is 1. The Labute approximate surface area is 184 Å². The molecule has 1 saturated carbocycles. The minimum absolute atomic E-state index is 0.0566. The van der Waals surface area contributed by atoms with E-state index >= 15 is 0 Å². The molecule has 11 heteroatoms. The Morgan fingerprint density at radius 1 is 1.31 bits per heavy atom. The Balaban J connectivity index is 1.41. The molecule has 1 unspecified atom stereocenters. The average molecular weight is 438 g/mol. The summed E-state index contributed by atoms with van der Waals surface area (Å²) in [5, 5.41) is 27.3. The number of hydrogen-bond acceptors (Lipinski definition) is 8. The Kier molecular flexibility index (Phi) is 5.50. The van der Waals surface area contributed by atoms with Gasteiger partial charge in [0.05, 0.1) is 29.9 Å². The molecule has 32 heavy (non-hydrogen) atoms. The molecule has 1 atom stereocenters. The van der Waals surface area contributed by atoms with E-state index in [1.165, 1.54) is 18.6 Å². The highest BCUT2D eigenvalue weighted by molar-refractivity contribution is 5.75. The van der Waals surface area contributed by atoms with Crippen LogP contribution in [0.1, 0.15) is 55.4 Å². The molecule has 1 aliphatic heterocycles. The second-order valence-corrected chi connectivity index (χ2v) is 8.24. The maximum Gasteiger partial charge on any atom is 0.318 e. The second kappa shape index (κ2) is 8.60. The smallest absolute Gasteiger partial charge is 0.318 e. The SMILES string of the molecule is O=C(NC1CCCCC1)N1Cc2[nH]cnc2CC1c1nc(-c2cccc(N([O-])O)c2)no1. The predicted molar refractivity (Wildman–Crippen MR) is 113 cm³/mol. The van der Waals surface area contributed by atoms with Crippen molar-refractivity contribution < 1.29 is 14.5 Å². The van der Waals surface area contributed by atoms with Crippen LogP contribution in [0, 0.1) is 5.21 Å². The number of aromatic amines is 1. The van der Waals surface area contributed by atoms with Crippen LogP contribution in [0.2, 0.25) is 0 Å². The fourth-order valence-electron chi connectivity index (χ4n) is 4.43. The van der Waals surface area contributed by atoms with Gasteiger partial charge in [0.15, 0.2) is 0 Å². The zero-order chi connectivity index (χ0) is 22.1. The van der Waals surface area contributed by atoms with Crippen molar-refractivity contribution in [2.24, 2.45) is 0 Å². The van der Waals surface area contributed by atoms with Gasteiger partial charge in [-0.1, -0.05) is 36.6 Å².